The highest BCUT2D eigenvalue weighted by molar-refractivity contribution is 5.40. The molecule has 1 heterocycles. The van der Waals surface area contributed by atoms with E-state index in [1.54, 1.807) is 7.11 Å². The van der Waals surface area contributed by atoms with Crippen LogP contribution >= 0.6 is 0 Å². The monoisotopic (exact) mass is 220 g/mol. The predicted octanol–water partition coefficient (Wildman–Crippen LogP) is 1.45. The Hall–Kier alpha value is -1.06. The minimum absolute atomic E-state index is 0.0430. The van der Waals surface area contributed by atoms with Gasteiger partial charge < -0.3 is 15.0 Å². The number of rotatable bonds is 3. The number of methoxy groups -OCH3 is 1. The zero-order chi connectivity index (χ0) is 11.6. The molecule has 16 heavy (non-hydrogen) atoms. The van der Waals surface area contributed by atoms with Crippen molar-refractivity contribution in [1.29, 1.82) is 0 Å². The summed E-state index contributed by atoms with van der Waals surface area (Å²) in [6.07, 6.45) is 1.13. The van der Waals surface area contributed by atoms with Crippen molar-refractivity contribution in [2.24, 2.45) is 0 Å². The number of likely N-dealkylation sites (N-methyl/N-ethyl adjacent to an activating group) is 2. The van der Waals surface area contributed by atoms with E-state index in [1.807, 2.05) is 19.2 Å². The number of para-hydroxylation sites is 1. The van der Waals surface area contributed by atoms with Gasteiger partial charge >= 0.3 is 0 Å². The van der Waals surface area contributed by atoms with Crippen LogP contribution in [0.15, 0.2) is 24.3 Å². The Bertz CT molecular complexity index is 367. The van der Waals surface area contributed by atoms with Crippen LogP contribution in [-0.4, -0.2) is 39.2 Å². The minimum Gasteiger partial charge on any atom is -0.496 e. The quantitative estimate of drug-likeness (QED) is 0.834. The van der Waals surface area contributed by atoms with Crippen molar-refractivity contribution in [3.63, 3.8) is 0 Å². The van der Waals surface area contributed by atoms with Crippen molar-refractivity contribution >= 4 is 0 Å². The molecule has 1 fully saturated rings. The third-order valence-corrected chi connectivity index (χ3v) is 3.56. The highest BCUT2D eigenvalue weighted by Gasteiger charge is 2.38. The summed E-state index contributed by atoms with van der Waals surface area (Å²) >= 11 is 0. The molecule has 1 aromatic carbocycles. The summed E-state index contributed by atoms with van der Waals surface area (Å²) in [5, 5.41) is 3.48. The van der Waals surface area contributed by atoms with Crippen molar-refractivity contribution in [2.75, 3.05) is 34.3 Å². The molecule has 0 radical (unpaired) electrons. The Kier molecular flexibility index (Phi) is 3.17. The fraction of sp³-hybridized carbons (Fsp3) is 0.538. The van der Waals surface area contributed by atoms with Crippen molar-refractivity contribution < 1.29 is 4.74 Å². The van der Waals surface area contributed by atoms with E-state index in [4.69, 9.17) is 4.74 Å². The maximum Gasteiger partial charge on any atom is 0.123 e. The number of nitrogens with zero attached hydrogens (tertiary/aromatic N) is 1. The van der Waals surface area contributed by atoms with Crippen LogP contribution in [0.3, 0.4) is 0 Å². The summed E-state index contributed by atoms with van der Waals surface area (Å²) in [5.74, 6) is 0.979. The lowest BCUT2D eigenvalue weighted by Crippen LogP contribution is -2.42. The Morgan fingerprint density at radius 3 is 2.69 bits per heavy atom. The van der Waals surface area contributed by atoms with E-state index in [2.05, 4.69) is 29.4 Å². The first-order valence-electron chi connectivity index (χ1n) is 5.73. The summed E-state index contributed by atoms with van der Waals surface area (Å²) < 4.78 is 5.46. The molecule has 88 valence electrons. The molecule has 1 aliphatic heterocycles. The Balaban J connectivity index is 2.40. The van der Waals surface area contributed by atoms with Gasteiger partial charge in [0.25, 0.3) is 0 Å². The number of nitrogens with one attached hydrogen (secondary N) is 1. The summed E-state index contributed by atoms with van der Waals surface area (Å²) in [6.45, 7) is 2.16. The largest absolute Gasteiger partial charge is 0.496 e. The number of benzene rings is 1. The first-order valence-corrected chi connectivity index (χ1v) is 5.73. The SMILES string of the molecule is CNC1(c2ccccc2OC)CCN(C)C1. The summed E-state index contributed by atoms with van der Waals surface area (Å²) in [4.78, 5) is 2.35. The minimum atomic E-state index is 0.0430. The smallest absolute Gasteiger partial charge is 0.123 e. The second-order valence-corrected chi connectivity index (χ2v) is 4.52. The Labute approximate surface area is 97.4 Å². The van der Waals surface area contributed by atoms with E-state index in [0.29, 0.717) is 0 Å². The van der Waals surface area contributed by atoms with Gasteiger partial charge in [0.05, 0.1) is 12.6 Å². The maximum absolute atomic E-state index is 5.46. The number of ether oxygens (including phenoxy) is 1. The first-order chi connectivity index (χ1) is 7.72. The van der Waals surface area contributed by atoms with E-state index >= 15 is 0 Å². The van der Waals surface area contributed by atoms with Gasteiger partial charge in [-0.15, -0.1) is 0 Å². The lowest BCUT2D eigenvalue weighted by atomic mass is 9.88. The van der Waals surface area contributed by atoms with Gasteiger partial charge in [-0.2, -0.15) is 0 Å². The molecular weight excluding hydrogens is 200 g/mol. The first kappa shape index (κ1) is 11.4. The molecule has 1 N–H and O–H groups in total. The van der Waals surface area contributed by atoms with Crippen LogP contribution in [0.25, 0.3) is 0 Å². The second-order valence-electron chi connectivity index (χ2n) is 4.52. The van der Waals surface area contributed by atoms with E-state index < -0.39 is 0 Å². The summed E-state index contributed by atoms with van der Waals surface area (Å²) in [5.41, 5.74) is 1.31. The second kappa shape index (κ2) is 4.44. The molecule has 1 atom stereocenters. The lowest BCUT2D eigenvalue weighted by Gasteiger charge is -2.30. The zero-order valence-corrected chi connectivity index (χ0v) is 10.3. The molecule has 0 amide bonds. The van der Waals surface area contributed by atoms with Gasteiger partial charge in [-0.1, -0.05) is 18.2 Å². The summed E-state index contributed by atoms with van der Waals surface area (Å²) in [6, 6.07) is 8.29. The van der Waals surface area contributed by atoms with E-state index in [0.717, 1.165) is 25.3 Å². The number of hydrogen-bond donors (Lipinski definition) is 1. The van der Waals surface area contributed by atoms with Crippen molar-refractivity contribution in [1.82, 2.24) is 10.2 Å². The maximum atomic E-state index is 5.46. The predicted molar refractivity (Wildman–Crippen MR) is 65.8 cm³/mol. The number of likely N-dealkylation sites (tertiary alicyclic amines) is 1. The van der Waals surface area contributed by atoms with Crippen molar-refractivity contribution in [3.8, 4) is 5.75 Å². The van der Waals surface area contributed by atoms with Crippen molar-refractivity contribution in [2.45, 2.75) is 12.0 Å². The van der Waals surface area contributed by atoms with Crippen LogP contribution in [-0.2, 0) is 5.54 Å². The molecule has 1 aliphatic rings. The molecule has 1 saturated heterocycles. The topological polar surface area (TPSA) is 24.5 Å². The molecular formula is C13H20N2O. The van der Waals surface area contributed by atoms with Crippen LogP contribution in [0.4, 0.5) is 0 Å². The highest BCUT2D eigenvalue weighted by Crippen LogP contribution is 2.36. The van der Waals surface area contributed by atoms with Gasteiger partial charge in [-0.25, -0.2) is 0 Å². The molecule has 1 unspecified atom stereocenters. The molecule has 0 saturated carbocycles. The average Bonchev–Trinajstić information content (AvgIpc) is 2.72. The van der Waals surface area contributed by atoms with Crippen molar-refractivity contribution in [3.05, 3.63) is 29.8 Å². The van der Waals surface area contributed by atoms with E-state index in [1.165, 1.54) is 5.56 Å². The van der Waals surface area contributed by atoms with Gasteiger partial charge in [0, 0.05) is 18.7 Å². The molecule has 2 rings (SSSR count). The fourth-order valence-corrected chi connectivity index (χ4v) is 2.60. The van der Waals surface area contributed by atoms with E-state index in [9.17, 15) is 0 Å². The molecule has 3 nitrogen and oxygen atoms in total. The molecule has 0 bridgehead atoms. The normalized spacial score (nSPS) is 25.9. The average molecular weight is 220 g/mol. The van der Waals surface area contributed by atoms with Crippen LogP contribution in [0.2, 0.25) is 0 Å². The highest BCUT2D eigenvalue weighted by atomic mass is 16.5. The third-order valence-electron chi connectivity index (χ3n) is 3.56. The van der Waals surface area contributed by atoms with Crippen LogP contribution in [0.1, 0.15) is 12.0 Å². The molecule has 0 aromatic heterocycles. The van der Waals surface area contributed by atoms with Gasteiger partial charge in [-0.3, -0.25) is 0 Å². The van der Waals surface area contributed by atoms with Gasteiger partial charge in [-0.05, 0) is 26.6 Å². The van der Waals surface area contributed by atoms with E-state index in [-0.39, 0.29) is 5.54 Å². The van der Waals surface area contributed by atoms with Crippen LogP contribution < -0.4 is 10.1 Å². The summed E-state index contributed by atoms with van der Waals surface area (Å²) in [7, 11) is 5.93. The van der Waals surface area contributed by atoms with Gasteiger partial charge in [0.15, 0.2) is 0 Å². The number of hydrogen-bond acceptors (Lipinski definition) is 3. The van der Waals surface area contributed by atoms with Crippen LogP contribution in [0, 0.1) is 0 Å². The standard InChI is InChI=1S/C13H20N2O/c1-14-13(8-9-15(2)10-13)11-6-4-5-7-12(11)16-3/h4-7,14H,8-10H2,1-3H3. The lowest BCUT2D eigenvalue weighted by molar-refractivity contribution is 0.318. The molecule has 0 aliphatic carbocycles. The Morgan fingerprint density at radius 2 is 2.12 bits per heavy atom. The Morgan fingerprint density at radius 1 is 1.38 bits per heavy atom. The molecule has 0 spiro atoms. The fourth-order valence-electron chi connectivity index (χ4n) is 2.60. The van der Waals surface area contributed by atoms with Gasteiger partial charge in [0.2, 0.25) is 0 Å². The zero-order valence-electron chi connectivity index (χ0n) is 10.3. The molecule has 1 aromatic rings. The van der Waals surface area contributed by atoms with Crippen LogP contribution in [0.5, 0.6) is 5.75 Å². The third kappa shape index (κ3) is 1.81. The molecule has 3 heteroatoms. The van der Waals surface area contributed by atoms with Gasteiger partial charge in [0.1, 0.15) is 5.75 Å².